The molecule has 0 unspecified atom stereocenters. The van der Waals surface area contributed by atoms with Gasteiger partial charge in [0, 0.05) is 28.7 Å². The fraction of sp³-hybridized carbons (Fsp3) is 0.115. The summed E-state index contributed by atoms with van der Waals surface area (Å²) >= 11 is 6.58. The molecule has 1 N–H and O–H groups in total. The third-order valence-corrected chi connectivity index (χ3v) is 6.04. The number of hydrogen-bond acceptors (Lipinski definition) is 3. The number of furan rings is 1. The van der Waals surface area contributed by atoms with E-state index >= 15 is 0 Å². The molecule has 3 aromatic carbocycles. The van der Waals surface area contributed by atoms with Crippen LogP contribution in [-0.2, 0) is 7.05 Å². The number of rotatable bonds is 3. The number of nitrogens with one attached hydrogen (secondary N) is 1. The molecule has 0 saturated carbocycles. The van der Waals surface area contributed by atoms with Gasteiger partial charge in [-0.1, -0.05) is 59.6 Å². The first-order chi connectivity index (χ1) is 15.0. The van der Waals surface area contributed by atoms with Crippen molar-refractivity contribution in [2.45, 2.75) is 13.8 Å². The number of anilines is 2. The summed E-state index contributed by atoms with van der Waals surface area (Å²) in [6.07, 6.45) is 0. The number of pyridine rings is 1. The number of fused-ring (bicyclic) bond motifs is 3. The van der Waals surface area contributed by atoms with Crippen molar-refractivity contribution in [1.29, 1.82) is 0 Å². The molecule has 0 amide bonds. The number of aryl methyl sites for hydroxylation is 3. The minimum Gasteiger partial charge on any atom is -0.439 e. The van der Waals surface area contributed by atoms with Crippen molar-refractivity contribution in [3.63, 3.8) is 0 Å². The van der Waals surface area contributed by atoms with Crippen LogP contribution in [0.3, 0.4) is 0 Å². The Morgan fingerprint density at radius 3 is 2.48 bits per heavy atom. The first kappa shape index (κ1) is 19.5. The van der Waals surface area contributed by atoms with E-state index in [1.807, 2.05) is 67.6 Å². The van der Waals surface area contributed by atoms with Crippen molar-refractivity contribution in [2.24, 2.45) is 7.05 Å². The molecular formula is C26H21ClN2O2. The van der Waals surface area contributed by atoms with Crippen molar-refractivity contribution < 1.29 is 4.42 Å². The molecule has 0 spiro atoms. The number of hydrogen-bond donors (Lipinski definition) is 1. The van der Waals surface area contributed by atoms with E-state index in [0.29, 0.717) is 27.4 Å². The van der Waals surface area contributed by atoms with Crippen molar-refractivity contribution in [1.82, 2.24) is 4.57 Å². The summed E-state index contributed by atoms with van der Waals surface area (Å²) < 4.78 is 8.02. The number of nitrogens with zero attached hydrogens (tertiary/aromatic N) is 1. The highest BCUT2D eigenvalue weighted by Crippen LogP contribution is 2.43. The molecule has 0 atom stereocenters. The maximum absolute atomic E-state index is 13.5. The molecule has 2 aromatic heterocycles. The van der Waals surface area contributed by atoms with Crippen LogP contribution in [0.1, 0.15) is 11.1 Å². The summed E-state index contributed by atoms with van der Waals surface area (Å²) in [5.41, 5.74) is 5.86. The average molecular weight is 429 g/mol. The minimum atomic E-state index is -0.124. The van der Waals surface area contributed by atoms with E-state index in [2.05, 4.69) is 18.3 Å². The van der Waals surface area contributed by atoms with Crippen molar-refractivity contribution in [3.8, 4) is 11.1 Å². The van der Waals surface area contributed by atoms with Crippen LogP contribution in [0.25, 0.3) is 33.0 Å². The quantitative estimate of drug-likeness (QED) is 0.337. The monoisotopic (exact) mass is 428 g/mol. The van der Waals surface area contributed by atoms with Gasteiger partial charge in [-0.25, -0.2) is 0 Å². The Morgan fingerprint density at radius 2 is 1.71 bits per heavy atom. The van der Waals surface area contributed by atoms with E-state index in [-0.39, 0.29) is 5.56 Å². The summed E-state index contributed by atoms with van der Waals surface area (Å²) in [5, 5.41) is 5.37. The maximum atomic E-state index is 13.5. The smallest absolute Gasteiger partial charge is 0.262 e. The standard InChI is InChI=1S/C26H21ClN2O2/c1-15-12-13-20(16(2)14-15)28-25-22(17-8-4-6-10-19(17)27)23-24(31-25)18-9-5-7-11-21(18)29(3)26(23)30/h4-14,28H,1-3H3. The molecule has 4 nitrogen and oxygen atoms in total. The highest BCUT2D eigenvalue weighted by molar-refractivity contribution is 6.34. The van der Waals surface area contributed by atoms with Crippen molar-refractivity contribution in [2.75, 3.05) is 5.32 Å². The molecule has 2 heterocycles. The van der Waals surface area contributed by atoms with Gasteiger partial charge >= 0.3 is 0 Å². The SMILES string of the molecule is Cc1ccc(Nc2oc3c(c2-c2ccccc2Cl)c(=O)n(C)c2ccccc32)c(C)c1. The van der Waals surface area contributed by atoms with Gasteiger partial charge in [0.15, 0.2) is 5.58 Å². The molecule has 0 aliphatic heterocycles. The molecule has 5 heteroatoms. The molecular weight excluding hydrogens is 408 g/mol. The molecule has 0 radical (unpaired) electrons. The summed E-state index contributed by atoms with van der Waals surface area (Å²) in [6, 6.07) is 21.4. The Kier molecular flexibility index (Phi) is 4.60. The number of para-hydroxylation sites is 1. The van der Waals surface area contributed by atoms with Crippen LogP contribution in [0.2, 0.25) is 5.02 Å². The predicted octanol–water partition coefficient (Wildman–Crippen LogP) is 6.97. The second-order valence-corrected chi connectivity index (χ2v) is 8.22. The summed E-state index contributed by atoms with van der Waals surface area (Å²) in [6.45, 7) is 4.10. The normalized spacial score (nSPS) is 11.4. The van der Waals surface area contributed by atoms with E-state index < -0.39 is 0 Å². The van der Waals surface area contributed by atoms with Gasteiger partial charge in [0.1, 0.15) is 0 Å². The van der Waals surface area contributed by atoms with Crippen LogP contribution in [0, 0.1) is 13.8 Å². The van der Waals surface area contributed by atoms with Crippen LogP contribution < -0.4 is 10.9 Å². The maximum Gasteiger partial charge on any atom is 0.262 e. The van der Waals surface area contributed by atoms with Gasteiger partial charge in [0.25, 0.3) is 5.56 Å². The molecule has 5 aromatic rings. The lowest BCUT2D eigenvalue weighted by atomic mass is 10.0. The molecule has 5 rings (SSSR count). The van der Waals surface area contributed by atoms with Gasteiger partial charge in [0.2, 0.25) is 5.88 Å². The van der Waals surface area contributed by atoms with Crippen LogP contribution in [0.5, 0.6) is 0 Å². The van der Waals surface area contributed by atoms with Crippen molar-refractivity contribution in [3.05, 3.63) is 93.2 Å². The van der Waals surface area contributed by atoms with E-state index in [1.54, 1.807) is 11.6 Å². The van der Waals surface area contributed by atoms with Gasteiger partial charge in [0.05, 0.1) is 16.5 Å². The molecule has 0 fully saturated rings. The van der Waals surface area contributed by atoms with Gasteiger partial charge in [-0.2, -0.15) is 0 Å². The van der Waals surface area contributed by atoms with Crippen LogP contribution in [0.15, 0.2) is 75.9 Å². The zero-order chi connectivity index (χ0) is 21.7. The number of halogens is 1. The molecule has 31 heavy (non-hydrogen) atoms. The van der Waals surface area contributed by atoms with Gasteiger partial charge in [-0.3, -0.25) is 4.79 Å². The number of benzene rings is 3. The van der Waals surface area contributed by atoms with Crippen LogP contribution >= 0.6 is 11.6 Å². The molecule has 0 saturated heterocycles. The second kappa shape index (κ2) is 7.33. The summed E-state index contributed by atoms with van der Waals surface area (Å²) in [4.78, 5) is 13.5. The third-order valence-electron chi connectivity index (χ3n) is 5.71. The molecule has 0 aliphatic rings. The van der Waals surface area contributed by atoms with Crippen molar-refractivity contribution >= 4 is 45.0 Å². The molecule has 0 aliphatic carbocycles. The highest BCUT2D eigenvalue weighted by atomic mass is 35.5. The van der Waals surface area contributed by atoms with Crippen LogP contribution in [0.4, 0.5) is 11.6 Å². The lowest BCUT2D eigenvalue weighted by molar-refractivity contribution is 0.637. The summed E-state index contributed by atoms with van der Waals surface area (Å²) in [7, 11) is 1.78. The zero-order valence-corrected chi connectivity index (χ0v) is 18.2. The average Bonchev–Trinajstić information content (AvgIpc) is 3.13. The third kappa shape index (κ3) is 3.11. The first-order valence-corrected chi connectivity index (χ1v) is 10.5. The van der Waals surface area contributed by atoms with Gasteiger partial charge < -0.3 is 14.3 Å². The van der Waals surface area contributed by atoms with E-state index in [9.17, 15) is 4.79 Å². The summed E-state index contributed by atoms with van der Waals surface area (Å²) in [5.74, 6) is 0.503. The van der Waals surface area contributed by atoms with Crippen LogP contribution in [-0.4, -0.2) is 4.57 Å². The fourth-order valence-corrected chi connectivity index (χ4v) is 4.38. The largest absolute Gasteiger partial charge is 0.439 e. The predicted molar refractivity (Wildman–Crippen MR) is 129 cm³/mol. The lowest BCUT2D eigenvalue weighted by Gasteiger charge is -2.11. The van der Waals surface area contributed by atoms with Gasteiger partial charge in [-0.15, -0.1) is 0 Å². The first-order valence-electron chi connectivity index (χ1n) is 10.1. The van der Waals surface area contributed by atoms with E-state index in [1.165, 1.54) is 5.56 Å². The lowest BCUT2D eigenvalue weighted by Crippen LogP contribution is -2.17. The second-order valence-electron chi connectivity index (χ2n) is 7.81. The van der Waals surface area contributed by atoms with E-state index in [4.69, 9.17) is 16.0 Å². The Labute approximate surface area is 184 Å². The fourth-order valence-electron chi connectivity index (χ4n) is 4.15. The Balaban J connectivity index is 1.89. The Hall–Kier alpha value is -3.50. The topological polar surface area (TPSA) is 47.2 Å². The Bertz CT molecular complexity index is 1530. The van der Waals surface area contributed by atoms with Gasteiger partial charge in [-0.05, 0) is 43.7 Å². The van der Waals surface area contributed by atoms with E-state index in [0.717, 1.165) is 27.7 Å². The highest BCUT2D eigenvalue weighted by Gasteiger charge is 2.24. The zero-order valence-electron chi connectivity index (χ0n) is 17.5. The number of aromatic nitrogens is 1. The molecule has 154 valence electrons. The molecule has 0 bridgehead atoms. The Morgan fingerprint density at radius 1 is 0.968 bits per heavy atom. The minimum absolute atomic E-state index is 0.124.